The number of carbonyl (C=O) groups excluding carboxylic acids is 4. The molecule has 4 aliphatic rings. The number of aliphatic hydroxyl groups is 2. The summed E-state index contributed by atoms with van der Waals surface area (Å²) in [7, 11) is 0.728. The summed E-state index contributed by atoms with van der Waals surface area (Å²) in [6.45, 7) is 27.1. The van der Waals surface area contributed by atoms with Gasteiger partial charge in [0.15, 0.2) is 22.4 Å². The Labute approximate surface area is 479 Å². The lowest BCUT2D eigenvalue weighted by molar-refractivity contribution is -0.265. The van der Waals surface area contributed by atoms with E-state index in [0.29, 0.717) is 44.9 Å². The van der Waals surface area contributed by atoms with Crippen molar-refractivity contribution in [3.05, 3.63) is 47.6 Å². The molecule has 0 aromatic heterocycles. The fraction of sp³-hybridized carbons (Fsp3) is 0.810. The quantitative estimate of drug-likeness (QED) is 0.0647. The number of ketones is 2. The van der Waals surface area contributed by atoms with Crippen LogP contribution in [0.3, 0.4) is 0 Å². The standard InChI is InChI=1S/C63H109NO13Si2/c1-17-78(18-2,19-3)76-53-34-32-49(39-56(53)72-15)38-45(10)55-41-52(65)44(9)37-47(12)58(77-79(20-4,21-5)22-6)59(73-16)57(66)46(11)36-42(7)28-24-23-25-29-43(8)54(71-14)40-50-33-31-48(13)63(70,75-50)60(67)61(68)64-35-27-26-30-51(64)62(69)74-55/h23-25,28-29,37,42,44-46,48-56,58-59,65,70H,17-22,26-27,30-36,38-41H2,1-16H3/b25-23+,28-24+,43-29+,47-37+/t42-,44-,45-,46-,48-,49+,50?,51+,52+,53-,54+,55+,56-,58-,59+,63-/m1/s1. The van der Waals surface area contributed by atoms with Crippen LogP contribution in [-0.4, -0.2) is 144 Å². The summed E-state index contributed by atoms with van der Waals surface area (Å²) in [4.78, 5) is 59.8. The van der Waals surface area contributed by atoms with Gasteiger partial charge in [-0.3, -0.25) is 14.4 Å². The number of fused-ring (bicyclic) bond motifs is 3. The third kappa shape index (κ3) is 18.2. The molecule has 452 valence electrons. The number of esters is 1. The van der Waals surface area contributed by atoms with Crippen molar-refractivity contribution in [2.45, 2.75) is 264 Å². The van der Waals surface area contributed by atoms with Crippen molar-refractivity contribution in [3.8, 4) is 0 Å². The Balaban J connectivity index is 1.80. The molecule has 0 aromatic carbocycles. The molecular weight excluding hydrogens is 1030 g/mol. The van der Waals surface area contributed by atoms with Crippen molar-refractivity contribution in [1.29, 1.82) is 0 Å². The van der Waals surface area contributed by atoms with Crippen LogP contribution in [0.15, 0.2) is 47.6 Å². The predicted octanol–water partition coefficient (Wildman–Crippen LogP) is 12.0. The molecular formula is C63H109NO13Si2. The molecule has 2 bridgehead atoms. The first-order chi connectivity index (χ1) is 37.5. The van der Waals surface area contributed by atoms with E-state index >= 15 is 0 Å². The molecule has 14 nitrogen and oxygen atoms in total. The number of rotatable bonds is 16. The second-order valence-electron chi connectivity index (χ2n) is 24.5. The lowest BCUT2D eigenvalue weighted by Gasteiger charge is -2.43. The number of cyclic esters (lactones) is 1. The van der Waals surface area contributed by atoms with Gasteiger partial charge in [-0.1, -0.05) is 113 Å². The number of piperidine rings is 1. The van der Waals surface area contributed by atoms with Crippen LogP contribution >= 0.6 is 0 Å². The maximum absolute atomic E-state index is 14.9. The maximum Gasteiger partial charge on any atom is 0.329 e. The molecule has 1 saturated carbocycles. The van der Waals surface area contributed by atoms with Gasteiger partial charge in [-0.2, -0.15) is 0 Å². The molecule has 2 N–H and O–H groups in total. The summed E-state index contributed by atoms with van der Waals surface area (Å²) >= 11 is 0. The molecule has 1 aliphatic carbocycles. The van der Waals surface area contributed by atoms with E-state index in [1.165, 1.54) is 4.90 Å². The van der Waals surface area contributed by atoms with Gasteiger partial charge in [0.25, 0.3) is 11.7 Å². The highest BCUT2D eigenvalue weighted by molar-refractivity contribution is 6.74. The lowest BCUT2D eigenvalue weighted by Crippen LogP contribution is -2.61. The summed E-state index contributed by atoms with van der Waals surface area (Å²) in [5, 5.41) is 24.5. The molecule has 2 saturated heterocycles. The first-order valence-electron chi connectivity index (χ1n) is 30.8. The number of methoxy groups -OCH3 is 3. The largest absolute Gasteiger partial charge is 0.460 e. The van der Waals surface area contributed by atoms with E-state index in [1.807, 2.05) is 58.1 Å². The average molecular weight is 1140 g/mol. The van der Waals surface area contributed by atoms with E-state index in [9.17, 15) is 29.4 Å². The Morgan fingerprint density at radius 1 is 0.722 bits per heavy atom. The fourth-order valence-electron chi connectivity index (χ4n) is 13.1. The van der Waals surface area contributed by atoms with E-state index in [4.69, 9.17) is 32.5 Å². The molecule has 0 aromatic rings. The van der Waals surface area contributed by atoms with Crippen LogP contribution < -0.4 is 0 Å². The SMILES string of the molecule is CC[Si](CC)(CC)O[C@@H]1/C(C)=C/[C@@H](C)[C@@H](O)C[C@@H]([C@H](C)C[C@@H]2CC[C@@H](O[Si](CC)(CC)CC)[C@H](OC)C2)OC(=O)[C@@H]2CCCCN2C(=O)C(=O)[C@]2(O)OC(CC[C@H]2C)C[C@H](OC)/C(C)=C/C=C/C=C/[C@@H](C)C[C@@H](C)C(=O)[C@@H]1OC. The zero-order valence-electron chi connectivity index (χ0n) is 51.9. The summed E-state index contributed by atoms with van der Waals surface area (Å²) in [5.74, 6) is -6.57. The summed E-state index contributed by atoms with van der Waals surface area (Å²) in [5.41, 5.74) is 1.71. The van der Waals surface area contributed by atoms with Crippen LogP contribution in [0.5, 0.6) is 0 Å². The van der Waals surface area contributed by atoms with Crippen molar-refractivity contribution in [1.82, 2.24) is 4.90 Å². The van der Waals surface area contributed by atoms with Crippen LogP contribution in [0.4, 0.5) is 0 Å². The highest BCUT2D eigenvalue weighted by atomic mass is 28.4. The van der Waals surface area contributed by atoms with Gasteiger partial charge < -0.3 is 47.6 Å². The van der Waals surface area contributed by atoms with Gasteiger partial charge in [-0.25, -0.2) is 4.79 Å². The number of hydrogen-bond donors (Lipinski definition) is 2. The second-order valence-corrected chi connectivity index (χ2v) is 33.9. The third-order valence-corrected chi connectivity index (χ3v) is 28.5. The van der Waals surface area contributed by atoms with Gasteiger partial charge in [-0.15, -0.1) is 0 Å². The average Bonchev–Trinajstić information content (AvgIpc) is 3.45. The molecule has 0 spiro atoms. The van der Waals surface area contributed by atoms with Crippen molar-refractivity contribution in [2.75, 3.05) is 27.9 Å². The van der Waals surface area contributed by atoms with Crippen molar-refractivity contribution < 1.29 is 61.9 Å². The molecule has 1 unspecified atom stereocenters. The van der Waals surface area contributed by atoms with E-state index in [1.54, 1.807) is 28.3 Å². The zero-order valence-corrected chi connectivity index (χ0v) is 53.9. The molecule has 4 rings (SSSR count). The van der Waals surface area contributed by atoms with E-state index in [-0.39, 0.29) is 61.0 Å². The first-order valence-corrected chi connectivity index (χ1v) is 35.9. The van der Waals surface area contributed by atoms with E-state index in [0.717, 1.165) is 66.7 Å². The Morgan fingerprint density at radius 3 is 1.97 bits per heavy atom. The maximum atomic E-state index is 14.9. The number of nitrogens with zero attached hydrogens (tertiary/aromatic N) is 1. The molecule has 16 atom stereocenters. The summed E-state index contributed by atoms with van der Waals surface area (Å²) in [6, 6.07) is 4.69. The van der Waals surface area contributed by atoms with Crippen LogP contribution in [-0.2, 0) is 51.7 Å². The number of ether oxygens (including phenoxy) is 5. The van der Waals surface area contributed by atoms with Crippen molar-refractivity contribution >= 4 is 40.1 Å². The van der Waals surface area contributed by atoms with Crippen molar-refractivity contribution in [3.63, 3.8) is 0 Å². The first kappa shape index (κ1) is 68.9. The van der Waals surface area contributed by atoms with Gasteiger partial charge in [0.05, 0.1) is 36.6 Å². The minimum absolute atomic E-state index is 0.0214. The monoisotopic (exact) mass is 1140 g/mol. The molecule has 3 aliphatic heterocycles. The Hall–Kier alpha value is -2.65. The highest BCUT2D eigenvalue weighted by Crippen LogP contribution is 2.40. The number of amides is 1. The molecule has 1 amide bonds. The third-order valence-electron chi connectivity index (χ3n) is 19.3. The van der Waals surface area contributed by atoms with E-state index < -0.39 is 94.6 Å². The van der Waals surface area contributed by atoms with Gasteiger partial charge in [0.2, 0.25) is 5.79 Å². The smallest absolute Gasteiger partial charge is 0.329 e. The molecule has 3 heterocycles. The Morgan fingerprint density at radius 2 is 1.37 bits per heavy atom. The topological polar surface area (TPSA) is 177 Å². The van der Waals surface area contributed by atoms with Crippen molar-refractivity contribution in [2.24, 2.45) is 35.5 Å². The van der Waals surface area contributed by atoms with Crippen LogP contribution in [0.25, 0.3) is 0 Å². The van der Waals surface area contributed by atoms with Crippen LogP contribution in [0.2, 0.25) is 36.3 Å². The van der Waals surface area contributed by atoms with E-state index in [2.05, 4.69) is 61.5 Å². The fourth-order valence-corrected chi connectivity index (χ4v) is 18.9. The Kier molecular flexibility index (Phi) is 28.3. The molecule has 16 heteroatoms. The van der Waals surface area contributed by atoms with Gasteiger partial charge in [-0.05, 0) is 143 Å². The Bertz CT molecular complexity index is 2040. The highest BCUT2D eigenvalue weighted by Gasteiger charge is 2.53. The lowest BCUT2D eigenvalue weighted by atomic mass is 9.78. The molecule has 0 radical (unpaired) electrons. The molecule has 3 fully saturated rings. The minimum Gasteiger partial charge on any atom is -0.460 e. The summed E-state index contributed by atoms with van der Waals surface area (Å²) in [6.07, 6.45) is 14.3. The number of allylic oxidation sites excluding steroid dienone is 5. The predicted molar refractivity (Wildman–Crippen MR) is 318 cm³/mol. The minimum atomic E-state index is -2.41. The van der Waals surface area contributed by atoms with Gasteiger partial charge in [0, 0.05) is 58.5 Å². The van der Waals surface area contributed by atoms with Gasteiger partial charge in [0.1, 0.15) is 18.2 Å². The van der Waals surface area contributed by atoms with Crippen LogP contribution in [0.1, 0.15) is 167 Å². The van der Waals surface area contributed by atoms with Crippen LogP contribution in [0, 0.1) is 35.5 Å². The molecule has 79 heavy (non-hydrogen) atoms. The van der Waals surface area contributed by atoms with Gasteiger partial charge >= 0.3 is 5.97 Å². The number of Topliss-reactive ketones (excluding diaryl/α,β-unsaturated/α-hetero) is 2. The zero-order chi connectivity index (χ0) is 58.8. The number of aliphatic hydroxyl groups excluding tert-OH is 1. The summed E-state index contributed by atoms with van der Waals surface area (Å²) < 4.78 is 45.4. The number of carbonyl (C=O) groups is 4. The number of hydrogen-bond acceptors (Lipinski definition) is 13. The normalized spacial score (nSPS) is 36.8. The second kappa shape index (κ2) is 32.4.